The molecule has 1 aromatic rings. The van der Waals surface area contributed by atoms with E-state index < -0.39 is 5.97 Å². The lowest BCUT2D eigenvalue weighted by molar-refractivity contribution is -0.146. The fourth-order valence-electron chi connectivity index (χ4n) is 4.38. The van der Waals surface area contributed by atoms with E-state index in [0.717, 1.165) is 56.9 Å². The number of carbonyl (C=O) groups excluding carboxylic acids is 1. The first kappa shape index (κ1) is 16.2. The maximum atomic E-state index is 12.0. The van der Waals surface area contributed by atoms with Crippen LogP contribution in [0.3, 0.4) is 0 Å². The number of carbonyl (C=O) groups is 2. The first-order chi connectivity index (χ1) is 11.2. The number of aldehydes is 1. The van der Waals surface area contributed by atoms with Crippen molar-refractivity contribution >= 4 is 12.3 Å². The van der Waals surface area contributed by atoms with Crippen molar-refractivity contribution < 1.29 is 14.7 Å². The van der Waals surface area contributed by atoms with E-state index >= 15 is 0 Å². The molecule has 1 aliphatic heterocycles. The maximum Gasteiger partial charge on any atom is 0.321 e. The van der Waals surface area contributed by atoms with Crippen LogP contribution < -0.4 is 0 Å². The van der Waals surface area contributed by atoms with Crippen LogP contribution in [-0.2, 0) is 4.79 Å². The zero-order chi connectivity index (χ0) is 16.2. The number of aliphatic carboxylic acids is 1. The highest BCUT2D eigenvalue weighted by molar-refractivity contribution is 5.75. The molecule has 0 radical (unpaired) electrons. The van der Waals surface area contributed by atoms with E-state index in [-0.39, 0.29) is 18.0 Å². The zero-order valence-corrected chi connectivity index (χ0v) is 13.5. The average molecular weight is 315 g/mol. The van der Waals surface area contributed by atoms with Crippen LogP contribution in [0.15, 0.2) is 24.3 Å². The molecular weight excluding hydrogens is 290 g/mol. The minimum absolute atomic E-state index is 0.123. The van der Waals surface area contributed by atoms with Crippen molar-refractivity contribution in [2.24, 2.45) is 5.92 Å². The third-order valence-electron chi connectivity index (χ3n) is 5.43. The summed E-state index contributed by atoms with van der Waals surface area (Å²) in [5.74, 6) is -0.425. The monoisotopic (exact) mass is 315 g/mol. The molecule has 2 aliphatic rings. The Morgan fingerprint density at radius 2 is 1.96 bits per heavy atom. The molecule has 0 aromatic heterocycles. The molecule has 1 N–H and O–H groups in total. The van der Waals surface area contributed by atoms with Crippen molar-refractivity contribution in [2.75, 3.05) is 6.54 Å². The molecule has 1 saturated carbocycles. The number of benzene rings is 1. The summed E-state index contributed by atoms with van der Waals surface area (Å²) in [7, 11) is 0. The molecule has 124 valence electrons. The second-order valence-corrected chi connectivity index (χ2v) is 6.86. The summed E-state index contributed by atoms with van der Waals surface area (Å²) in [6.07, 6.45) is 8.42. The Kier molecular flexibility index (Phi) is 5.11. The Labute approximate surface area is 137 Å². The Morgan fingerprint density at radius 1 is 1.17 bits per heavy atom. The highest BCUT2D eigenvalue weighted by Crippen LogP contribution is 2.39. The number of carboxylic acids is 1. The van der Waals surface area contributed by atoms with Crippen LogP contribution >= 0.6 is 0 Å². The first-order valence-corrected chi connectivity index (χ1v) is 8.74. The Bertz CT molecular complexity index is 565. The summed E-state index contributed by atoms with van der Waals surface area (Å²) in [6, 6.07) is 7.36. The lowest BCUT2D eigenvalue weighted by atomic mass is 9.82. The molecule has 0 bridgehead atoms. The number of rotatable bonds is 5. The van der Waals surface area contributed by atoms with Crippen LogP contribution in [0.5, 0.6) is 0 Å². The van der Waals surface area contributed by atoms with Gasteiger partial charge in [0.2, 0.25) is 0 Å². The Morgan fingerprint density at radius 3 is 2.65 bits per heavy atom. The van der Waals surface area contributed by atoms with Crippen LogP contribution in [0, 0.1) is 5.92 Å². The molecule has 2 fully saturated rings. The molecule has 2 atom stereocenters. The van der Waals surface area contributed by atoms with Gasteiger partial charge in [-0.1, -0.05) is 37.5 Å². The largest absolute Gasteiger partial charge is 0.480 e. The molecule has 3 rings (SSSR count). The smallest absolute Gasteiger partial charge is 0.321 e. The average Bonchev–Trinajstić information content (AvgIpc) is 3.05. The lowest BCUT2D eigenvalue weighted by Crippen LogP contribution is -2.46. The molecule has 0 spiro atoms. The standard InChI is InChI=1S/C19H25NO3/c21-13-14-6-4-9-16(12-14)17-10-5-11-20(17)18(19(22)23)15-7-2-1-3-8-15/h4,6,9,12-13,15,17-18H,1-3,5,7-8,10-11H2,(H,22,23)/t17-,18?/m1/s1. The van der Waals surface area contributed by atoms with Crippen LogP contribution in [0.25, 0.3) is 0 Å². The van der Waals surface area contributed by atoms with Crippen LogP contribution in [0.1, 0.15) is 66.9 Å². The summed E-state index contributed by atoms with van der Waals surface area (Å²) in [5.41, 5.74) is 1.74. The number of carboxylic acid groups (broad SMARTS) is 1. The molecule has 0 amide bonds. The quantitative estimate of drug-likeness (QED) is 0.842. The van der Waals surface area contributed by atoms with Gasteiger partial charge in [-0.05, 0) is 49.8 Å². The molecule has 1 unspecified atom stereocenters. The molecule has 1 aliphatic carbocycles. The van der Waals surface area contributed by atoms with E-state index in [2.05, 4.69) is 4.90 Å². The van der Waals surface area contributed by atoms with E-state index in [9.17, 15) is 14.7 Å². The molecule has 1 saturated heterocycles. The summed E-state index contributed by atoms with van der Waals surface area (Å²) in [4.78, 5) is 25.2. The lowest BCUT2D eigenvalue weighted by Gasteiger charge is -2.37. The van der Waals surface area contributed by atoms with Gasteiger partial charge in [-0.2, -0.15) is 0 Å². The Balaban J connectivity index is 1.85. The van der Waals surface area contributed by atoms with E-state index in [4.69, 9.17) is 0 Å². The van der Waals surface area contributed by atoms with Gasteiger partial charge < -0.3 is 5.11 Å². The van der Waals surface area contributed by atoms with Crippen LogP contribution in [0.4, 0.5) is 0 Å². The van der Waals surface area contributed by atoms with Gasteiger partial charge in [-0.3, -0.25) is 14.5 Å². The molecule has 1 heterocycles. The number of nitrogens with zero attached hydrogens (tertiary/aromatic N) is 1. The zero-order valence-electron chi connectivity index (χ0n) is 13.5. The third kappa shape index (κ3) is 3.47. The maximum absolute atomic E-state index is 12.0. The fourth-order valence-corrected chi connectivity index (χ4v) is 4.38. The van der Waals surface area contributed by atoms with Crippen molar-refractivity contribution in [1.29, 1.82) is 0 Å². The second-order valence-electron chi connectivity index (χ2n) is 6.86. The fraction of sp³-hybridized carbons (Fsp3) is 0.579. The number of hydrogen-bond acceptors (Lipinski definition) is 3. The predicted molar refractivity (Wildman–Crippen MR) is 88.5 cm³/mol. The predicted octanol–water partition coefficient (Wildman–Crippen LogP) is 3.67. The summed E-state index contributed by atoms with van der Waals surface area (Å²) in [6.45, 7) is 0.837. The molecule has 4 nitrogen and oxygen atoms in total. The first-order valence-electron chi connectivity index (χ1n) is 8.74. The minimum Gasteiger partial charge on any atom is -0.480 e. The highest BCUT2D eigenvalue weighted by Gasteiger charge is 2.40. The van der Waals surface area contributed by atoms with Gasteiger partial charge in [-0.15, -0.1) is 0 Å². The van der Waals surface area contributed by atoms with Gasteiger partial charge in [0.05, 0.1) is 0 Å². The number of likely N-dealkylation sites (tertiary alicyclic amines) is 1. The van der Waals surface area contributed by atoms with Crippen molar-refractivity contribution in [3.8, 4) is 0 Å². The third-order valence-corrected chi connectivity index (χ3v) is 5.43. The molecule has 4 heteroatoms. The van der Waals surface area contributed by atoms with Gasteiger partial charge in [-0.25, -0.2) is 0 Å². The summed E-state index contributed by atoms with van der Waals surface area (Å²) >= 11 is 0. The van der Waals surface area contributed by atoms with Gasteiger partial charge in [0.1, 0.15) is 12.3 Å². The van der Waals surface area contributed by atoms with Crippen molar-refractivity contribution in [2.45, 2.75) is 57.0 Å². The van der Waals surface area contributed by atoms with Crippen molar-refractivity contribution in [3.63, 3.8) is 0 Å². The van der Waals surface area contributed by atoms with E-state index in [0.29, 0.717) is 5.56 Å². The highest BCUT2D eigenvalue weighted by atomic mass is 16.4. The number of hydrogen-bond donors (Lipinski definition) is 1. The topological polar surface area (TPSA) is 57.6 Å². The van der Waals surface area contributed by atoms with Crippen LogP contribution in [-0.4, -0.2) is 34.8 Å². The van der Waals surface area contributed by atoms with Gasteiger partial charge in [0.25, 0.3) is 0 Å². The SMILES string of the molecule is O=Cc1cccc([C@H]2CCCN2C(C(=O)O)C2CCCCC2)c1. The minimum atomic E-state index is -0.685. The van der Waals surface area contributed by atoms with Crippen LogP contribution in [0.2, 0.25) is 0 Å². The van der Waals surface area contributed by atoms with E-state index in [1.165, 1.54) is 6.42 Å². The molecule has 1 aromatic carbocycles. The van der Waals surface area contributed by atoms with Gasteiger partial charge in [0, 0.05) is 11.6 Å². The Hall–Kier alpha value is -1.68. The second kappa shape index (κ2) is 7.26. The van der Waals surface area contributed by atoms with E-state index in [1.807, 2.05) is 18.2 Å². The van der Waals surface area contributed by atoms with E-state index in [1.54, 1.807) is 6.07 Å². The van der Waals surface area contributed by atoms with Gasteiger partial charge in [0.15, 0.2) is 0 Å². The molecular formula is C19H25NO3. The summed E-state index contributed by atoms with van der Waals surface area (Å²) < 4.78 is 0. The molecule has 23 heavy (non-hydrogen) atoms. The van der Waals surface area contributed by atoms with Crippen molar-refractivity contribution in [3.05, 3.63) is 35.4 Å². The van der Waals surface area contributed by atoms with Gasteiger partial charge >= 0.3 is 5.97 Å². The summed E-state index contributed by atoms with van der Waals surface area (Å²) in [5, 5.41) is 9.85. The normalized spacial score (nSPS) is 24.4. The van der Waals surface area contributed by atoms with Crippen molar-refractivity contribution in [1.82, 2.24) is 4.90 Å².